The summed E-state index contributed by atoms with van der Waals surface area (Å²) in [6, 6.07) is 22.7. The number of hydrogen-bond donors (Lipinski definition) is 4. The molecule has 2 fully saturated rings. The van der Waals surface area contributed by atoms with Crippen LogP contribution in [0.15, 0.2) is 83.0 Å². The van der Waals surface area contributed by atoms with Crippen LogP contribution in [0.2, 0.25) is 0 Å². The molecule has 0 bridgehead atoms. The van der Waals surface area contributed by atoms with Crippen LogP contribution in [0.5, 0.6) is 11.5 Å². The van der Waals surface area contributed by atoms with Crippen molar-refractivity contribution in [2.45, 2.75) is 0 Å². The molecule has 0 radical (unpaired) electrons. The minimum atomic E-state index is 0.297. The third-order valence-corrected chi connectivity index (χ3v) is 8.22. The fourth-order valence-electron chi connectivity index (χ4n) is 5.35. The summed E-state index contributed by atoms with van der Waals surface area (Å²) in [6.45, 7) is 5.09. The molecular weight excluding hydrogens is 692 g/mol. The van der Waals surface area contributed by atoms with Crippen LogP contribution >= 0.6 is 0 Å². The topological polar surface area (TPSA) is 194 Å². The van der Waals surface area contributed by atoms with Gasteiger partial charge in [-0.05, 0) is 59.7 Å². The van der Waals surface area contributed by atoms with E-state index in [0.717, 1.165) is 34.0 Å². The lowest BCUT2D eigenvalue weighted by atomic mass is 10.2. The van der Waals surface area contributed by atoms with E-state index in [1.807, 2.05) is 72.8 Å². The SMILES string of the molecule is COc1ccc(Nc2nc(N/N=C/c3ccc(/C=N/Nc4nc(Nc5ccc(OC)cc5)nc(N5CCOCC5)n4)cc3)nc(N3CCOCC3)n2)cc1. The number of benzene rings is 3. The third-order valence-electron chi connectivity index (χ3n) is 8.22. The summed E-state index contributed by atoms with van der Waals surface area (Å²) in [5.41, 5.74) is 9.22. The van der Waals surface area contributed by atoms with Crippen molar-refractivity contribution >= 4 is 59.5 Å². The van der Waals surface area contributed by atoms with Gasteiger partial charge in [0.25, 0.3) is 0 Å². The highest BCUT2D eigenvalue weighted by Crippen LogP contribution is 2.23. The van der Waals surface area contributed by atoms with Gasteiger partial charge in [-0.1, -0.05) is 24.3 Å². The maximum Gasteiger partial charge on any atom is 0.250 e. The summed E-state index contributed by atoms with van der Waals surface area (Å²) in [4.78, 5) is 31.7. The van der Waals surface area contributed by atoms with Crippen LogP contribution in [0.3, 0.4) is 0 Å². The van der Waals surface area contributed by atoms with E-state index in [4.69, 9.17) is 18.9 Å². The molecule has 0 aliphatic carbocycles. The van der Waals surface area contributed by atoms with E-state index in [-0.39, 0.29) is 0 Å². The van der Waals surface area contributed by atoms with Crippen LogP contribution in [-0.4, -0.2) is 109 Å². The Kier molecular flexibility index (Phi) is 11.7. The Hall–Kier alpha value is -6.66. The van der Waals surface area contributed by atoms with Gasteiger partial charge >= 0.3 is 0 Å². The fourth-order valence-corrected chi connectivity index (χ4v) is 5.35. The quantitative estimate of drug-likeness (QED) is 0.0940. The van der Waals surface area contributed by atoms with Gasteiger partial charge in [-0.25, -0.2) is 10.9 Å². The summed E-state index contributed by atoms with van der Waals surface area (Å²) in [6.07, 6.45) is 3.37. The predicted molar refractivity (Wildman–Crippen MR) is 207 cm³/mol. The monoisotopic (exact) mass is 732 g/mol. The zero-order chi connectivity index (χ0) is 37.0. The Balaban J connectivity index is 0.996. The van der Waals surface area contributed by atoms with Gasteiger partial charge in [0.2, 0.25) is 35.7 Å². The molecule has 0 spiro atoms. The second-order valence-corrected chi connectivity index (χ2v) is 11.9. The number of morpholine rings is 2. The Labute approximate surface area is 311 Å². The molecule has 5 aromatic rings. The molecular formula is C36H40N14O4. The molecule has 18 nitrogen and oxygen atoms in total. The number of nitrogens with one attached hydrogen (secondary N) is 4. The minimum absolute atomic E-state index is 0.297. The molecule has 4 N–H and O–H groups in total. The predicted octanol–water partition coefficient (Wildman–Crippen LogP) is 4.13. The number of ether oxygens (including phenoxy) is 4. The number of rotatable bonds is 14. The largest absolute Gasteiger partial charge is 0.497 e. The normalized spacial score (nSPS) is 14.6. The lowest BCUT2D eigenvalue weighted by Gasteiger charge is -2.27. The van der Waals surface area contributed by atoms with E-state index in [1.165, 1.54) is 0 Å². The smallest absolute Gasteiger partial charge is 0.250 e. The van der Waals surface area contributed by atoms with E-state index < -0.39 is 0 Å². The van der Waals surface area contributed by atoms with Crippen molar-refractivity contribution in [3.63, 3.8) is 0 Å². The highest BCUT2D eigenvalue weighted by atomic mass is 16.5. The van der Waals surface area contributed by atoms with Crippen molar-refractivity contribution in [3.8, 4) is 11.5 Å². The second kappa shape index (κ2) is 17.7. The Morgan fingerprint density at radius 2 is 0.889 bits per heavy atom. The average molecular weight is 733 g/mol. The van der Waals surface area contributed by atoms with E-state index in [0.29, 0.717) is 88.3 Å². The zero-order valence-corrected chi connectivity index (χ0v) is 29.8. The minimum Gasteiger partial charge on any atom is -0.497 e. The highest BCUT2D eigenvalue weighted by Gasteiger charge is 2.18. The van der Waals surface area contributed by atoms with Gasteiger partial charge in [0, 0.05) is 37.6 Å². The molecule has 0 saturated carbocycles. The lowest BCUT2D eigenvalue weighted by molar-refractivity contribution is 0.122. The molecule has 2 aliphatic rings. The number of methoxy groups -OCH3 is 2. The first-order valence-electron chi connectivity index (χ1n) is 17.3. The molecule has 2 saturated heterocycles. The van der Waals surface area contributed by atoms with Crippen LogP contribution in [0, 0.1) is 0 Å². The molecule has 4 heterocycles. The highest BCUT2D eigenvalue weighted by molar-refractivity contribution is 5.84. The average Bonchev–Trinajstić information content (AvgIpc) is 3.22. The standard InChI is InChI=1S/C36H40N14O4/c1-51-29-11-7-27(8-12-29)39-31-41-33(45-35(43-31)49-15-19-53-20-16-49)47-37-23-25-3-5-26(6-4-25)24-38-48-34-42-32(40-28-9-13-30(52-2)14-10-28)44-36(46-34)50-17-21-54-22-18-50/h3-14,23-24H,15-22H2,1-2H3,(H2,39,41,43,45,47)(H2,40,42,44,46,48)/b37-23+,38-24+. The van der Waals surface area contributed by atoms with E-state index >= 15 is 0 Å². The van der Waals surface area contributed by atoms with Crippen molar-refractivity contribution < 1.29 is 18.9 Å². The Bertz CT molecular complexity index is 1870. The first kappa shape index (κ1) is 35.7. The molecule has 2 aromatic heterocycles. The zero-order valence-electron chi connectivity index (χ0n) is 29.8. The first-order chi connectivity index (χ1) is 26.6. The summed E-state index contributed by atoms with van der Waals surface area (Å²) in [5, 5.41) is 15.3. The van der Waals surface area contributed by atoms with Crippen LogP contribution in [-0.2, 0) is 9.47 Å². The maximum atomic E-state index is 5.51. The molecule has 54 heavy (non-hydrogen) atoms. The second-order valence-electron chi connectivity index (χ2n) is 11.9. The molecule has 18 heteroatoms. The molecule has 0 unspecified atom stereocenters. The van der Waals surface area contributed by atoms with Gasteiger partial charge in [-0.15, -0.1) is 0 Å². The number of anilines is 8. The Morgan fingerprint density at radius 1 is 0.519 bits per heavy atom. The molecule has 0 amide bonds. The van der Waals surface area contributed by atoms with E-state index in [1.54, 1.807) is 26.6 Å². The maximum absolute atomic E-state index is 5.51. The number of hydrazone groups is 2. The molecule has 3 aromatic carbocycles. The van der Waals surface area contributed by atoms with E-state index in [9.17, 15) is 0 Å². The fraction of sp³-hybridized carbons (Fsp3) is 0.278. The summed E-state index contributed by atoms with van der Waals surface area (Å²) in [7, 11) is 3.26. The first-order valence-corrected chi connectivity index (χ1v) is 17.3. The van der Waals surface area contributed by atoms with Crippen molar-refractivity contribution in [2.75, 3.05) is 98.1 Å². The Morgan fingerprint density at radius 3 is 1.26 bits per heavy atom. The van der Waals surface area contributed by atoms with Crippen molar-refractivity contribution in [2.24, 2.45) is 10.2 Å². The van der Waals surface area contributed by atoms with Gasteiger partial charge in [0.1, 0.15) is 11.5 Å². The van der Waals surface area contributed by atoms with Gasteiger partial charge in [0.05, 0.1) is 53.1 Å². The summed E-state index contributed by atoms with van der Waals surface area (Å²) < 4.78 is 21.5. The van der Waals surface area contributed by atoms with Crippen molar-refractivity contribution in [1.82, 2.24) is 29.9 Å². The van der Waals surface area contributed by atoms with Crippen molar-refractivity contribution in [1.29, 1.82) is 0 Å². The lowest BCUT2D eigenvalue weighted by Crippen LogP contribution is -2.37. The van der Waals surface area contributed by atoms with Gasteiger partial charge in [0.15, 0.2) is 0 Å². The summed E-state index contributed by atoms with van der Waals surface area (Å²) >= 11 is 0. The molecule has 7 rings (SSSR count). The molecule has 278 valence electrons. The van der Waals surface area contributed by atoms with Crippen LogP contribution in [0.25, 0.3) is 0 Å². The van der Waals surface area contributed by atoms with Crippen molar-refractivity contribution in [3.05, 3.63) is 83.9 Å². The van der Waals surface area contributed by atoms with Crippen LogP contribution in [0.4, 0.5) is 47.1 Å². The van der Waals surface area contributed by atoms with Crippen LogP contribution < -0.4 is 40.8 Å². The number of hydrogen-bond acceptors (Lipinski definition) is 18. The van der Waals surface area contributed by atoms with Crippen LogP contribution in [0.1, 0.15) is 11.1 Å². The number of nitrogens with zero attached hydrogens (tertiary/aromatic N) is 10. The molecule has 0 atom stereocenters. The van der Waals surface area contributed by atoms with Gasteiger partial charge in [-0.2, -0.15) is 40.1 Å². The summed E-state index contributed by atoms with van der Waals surface area (Å²) in [5.74, 6) is 3.92. The molecule has 2 aliphatic heterocycles. The number of aromatic nitrogens is 6. The van der Waals surface area contributed by atoms with E-state index in [2.05, 4.69) is 71.4 Å². The third kappa shape index (κ3) is 9.81. The van der Waals surface area contributed by atoms with Gasteiger partial charge < -0.3 is 39.4 Å². The van der Waals surface area contributed by atoms with Gasteiger partial charge in [-0.3, -0.25) is 0 Å².